The first-order valence-corrected chi connectivity index (χ1v) is 4.12. The van der Waals surface area contributed by atoms with Crippen LogP contribution in [0.5, 0.6) is 0 Å². The van der Waals surface area contributed by atoms with E-state index in [2.05, 4.69) is 5.32 Å². The van der Waals surface area contributed by atoms with Crippen molar-refractivity contribution in [2.24, 2.45) is 0 Å². The lowest BCUT2D eigenvalue weighted by atomic mass is 9.97. The normalized spacial score (nSPS) is 43.3. The first kappa shape index (κ1) is 11.3. The minimum absolute atomic E-state index is 0.284. The highest BCUT2D eigenvalue weighted by Crippen LogP contribution is 2.19. The lowest BCUT2D eigenvalue weighted by Gasteiger charge is -2.39. The van der Waals surface area contributed by atoms with Crippen LogP contribution in [0.25, 0.3) is 0 Å². The molecule has 0 aromatic heterocycles. The summed E-state index contributed by atoms with van der Waals surface area (Å²) in [6.07, 6.45) is -4.94. The molecule has 7 nitrogen and oxygen atoms in total. The summed E-state index contributed by atoms with van der Waals surface area (Å²) in [7, 11) is 0. The molecule has 14 heavy (non-hydrogen) atoms. The van der Waals surface area contributed by atoms with Crippen LogP contribution in [0.1, 0.15) is 0 Å². The molecule has 82 valence electrons. The third kappa shape index (κ3) is 2.02. The number of hydrogen-bond acceptors (Lipinski definition) is 6. The molecule has 5 N–H and O–H groups in total. The Labute approximate surface area is 79.9 Å². The summed E-state index contributed by atoms with van der Waals surface area (Å²) in [5.41, 5.74) is 0. The van der Waals surface area contributed by atoms with Gasteiger partial charge < -0.3 is 30.5 Å². The van der Waals surface area contributed by atoms with Gasteiger partial charge in [0.05, 0.1) is 6.61 Å². The maximum absolute atomic E-state index is 10.1. The van der Waals surface area contributed by atoms with E-state index in [-0.39, 0.29) is 6.41 Å². The predicted octanol–water partition coefficient (Wildman–Crippen LogP) is -3.47. The third-order valence-electron chi connectivity index (χ3n) is 2.16. The summed E-state index contributed by atoms with van der Waals surface area (Å²) in [4.78, 5) is 10.1. The molecule has 1 rings (SSSR count). The van der Waals surface area contributed by atoms with Gasteiger partial charge >= 0.3 is 0 Å². The number of ether oxygens (including phenoxy) is 1. The fourth-order valence-electron chi connectivity index (χ4n) is 1.36. The summed E-state index contributed by atoms with van der Waals surface area (Å²) in [5, 5.41) is 38.9. The lowest BCUT2D eigenvalue weighted by Crippen LogP contribution is -2.63. The van der Waals surface area contributed by atoms with Gasteiger partial charge in [0.25, 0.3) is 0 Å². The van der Waals surface area contributed by atoms with Gasteiger partial charge in [-0.25, -0.2) is 0 Å². The second kappa shape index (κ2) is 4.67. The Balaban J connectivity index is 2.68. The van der Waals surface area contributed by atoms with Crippen LogP contribution in [-0.4, -0.2) is 64.1 Å². The zero-order chi connectivity index (χ0) is 10.7. The fraction of sp³-hybridized carbons (Fsp3) is 0.857. The van der Waals surface area contributed by atoms with Crippen LogP contribution < -0.4 is 5.32 Å². The highest BCUT2D eigenvalue weighted by Gasteiger charge is 2.43. The van der Waals surface area contributed by atoms with Crippen molar-refractivity contribution in [3.05, 3.63) is 0 Å². The highest BCUT2D eigenvalue weighted by molar-refractivity contribution is 5.47. The number of aliphatic hydroxyl groups excluding tert-OH is 4. The summed E-state index contributed by atoms with van der Waals surface area (Å²) in [6.45, 7) is -0.525. The van der Waals surface area contributed by atoms with Crippen LogP contribution in [-0.2, 0) is 9.53 Å². The van der Waals surface area contributed by atoms with Crippen LogP contribution in [0.3, 0.4) is 0 Å². The Morgan fingerprint density at radius 3 is 2.43 bits per heavy atom. The van der Waals surface area contributed by atoms with E-state index < -0.39 is 37.3 Å². The minimum Gasteiger partial charge on any atom is -0.394 e. The predicted molar refractivity (Wildman–Crippen MR) is 43.0 cm³/mol. The first-order valence-electron chi connectivity index (χ1n) is 4.12. The smallest absolute Gasteiger partial charge is 0.207 e. The average molecular weight is 207 g/mol. The van der Waals surface area contributed by atoms with Gasteiger partial charge in [0.15, 0.2) is 6.29 Å². The molecular formula is C7H13NO6. The Morgan fingerprint density at radius 1 is 1.29 bits per heavy atom. The molecule has 1 heterocycles. The third-order valence-corrected chi connectivity index (χ3v) is 2.16. The van der Waals surface area contributed by atoms with Gasteiger partial charge in [-0.15, -0.1) is 0 Å². The zero-order valence-corrected chi connectivity index (χ0v) is 7.28. The molecule has 0 radical (unpaired) electrons. The van der Waals surface area contributed by atoms with Crippen molar-refractivity contribution in [2.45, 2.75) is 30.6 Å². The lowest BCUT2D eigenvalue weighted by molar-refractivity contribution is -0.253. The second-order valence-electron chi connectivity index (χ2n) is 3.04. The maximum atomic E-state index is 10.1. The molecule has 1 aliphatic heterocycles. The molecule has 7 heteroatoms. The van der Waals surface area contributed by atoms with E-state index in [4.69, 9.17) is 9.84 Å². The molecule has 0 bridgehead atoms. The summed E-state index contributed by atoms with van der Waals surface area (Å²) in [5.74, 6) is 0. The summed E-state index contributed by atoms with van der Waals surface area (Å²) < 4.78 is 4.76. The standard InChI is InChI=1S/C7H13NO6/c9-1-3-5(11)6(12)4(8-2-10)7(13)14-3/h2-7,9,11-13H,1H2,(H,8,10)/t3-,4+,5+,6+,7-/m1/s1. The number of carbonyl (C=O) groups is 1. The SMILES string of the molecule is O=CN[C@H]1[C@H](O)[C@@H](O)[C@@H](CO)O[C@H]1O. The van der Waals surface area contributed by atoms with Crippen molar-refractivity contribution < 1.29 is 30.0 Å². The van der Waals surface area contributed by atoms with E-state index in [9.17, 15) is 20.1 Å². The Morgan fingerprint density at radius 2 is 1.93 bits per heavy atom. The topological polar surface area (TPSA) is 119 Å². The first-order chi connectivity index (χ1) is 6.61. The van der Waals surface area contributed by atoms with Gasteiger partial charge in [-0.1, -0.05) is 0 Å². The number of nitrogens with one attached hydrogen (secondary N) is 1. The zero-order valence-electron chi connectivity index (χ0n) is 7.28. The number of amides is 1. The van der Waals surface area contributed by atoms with Gasteiger partial charge in [-0.2, -0.15) is 0 Å². The molecule has 0 unspecified atom stereocenters. The number of carbonyl (C=O) groups excluding carboxylic acids is 1. The molecule has 0 aromatic rings. The van der Waals surface area contributed by atoms with E-state index in [0.717, 1.165) is 0 Å². The highest BCUT2D eigenvalue weighted by atomic mass is 16.6. The minimum atomic E-state index is -1.45. The van der Waals surface area contributed by atoms with E-state index >= 15 is 0 Å². The van der Waals surface area contributed by atoms with Gasteiger partial charge in [0, 0.05) is 0 Å². The Bertz CT molecular complexity index is 201. The molecule has 1 aliphatic rings. The van der Waals surface area contributed by atoms with E-state index in [1.807, 2.05) is 0 Å². The van der Waals surface area contributed by atoms with Crippen molar-refractivity contribution >= 4 is 6.41 Å². The fourth-order valence-corrected chi connectivity index (χ4v) is 1.36. The van der Waals surface area contributed by atoms with Crippen LogP contribution >= 0.6 is 0 Å². The van der Waals surface area contributed by atoms with Crippen LogP contribution in [0, 0.1) is 0 Å². The molecule has 1 saturated heterocycles. The molecule has 0 aliphatic carbocycles. The Hall–Kier alpha value is -0.730. The summed E-state index contributed by atoms with van der Waals surface area (Å²) >= 11 is 0. The van der Waals surface area contributed by atoms with Crippen molar-refractivity contribution in [3.63, 3.8) is 0 Å². The molecule has 0 aromatic carbocycles. The monoisotopic (exact) mass is 207 g/mol. The van der Waals surface area contributed by atoms with E-state index in [1.165, 1.54) is 0 Å². The van der Waals surface area contributed by atoms with Crippen LogP contribution in [0.4, 0.5) is 0 Å². The van der Waals surface area contributed by atoms with Gasteiger partial charge in [0.1, 0.15) is 24.4 Å². The number of rotatable bonds is 3. The quantitative estimate of drug-likeness (QED) is 0.307. The number of aliphatic hydroxyl groups is 4. The van der Waals surface area contributed by atoms with Crippen LogP contribution in [0.15, 0.2) is 0 Å². The molecule has 1 fully saturated rings. The molecule has 0 spiro atoms. The number of hydrogen-bond donors (Lipinski definition) is 5. The van der Waals surface area contributed by atoms with Gasteiger partial charge in [0.2, 0.25) is 6.41 Å². The largest absolute Gasteiger partial charge is 0.394 e. The van der Waals surface area contributed by atoms with Crippen LogP contribution in [0.2, 0.25) is 0 Å². The van der Waals surface area contributed by atoms with E-state index in [1.54, 1.807) is 0 Å². The van der Waals surface area contributed by atoms with Crippen molar-refractivity contribution in [1.29, 1.82) is 0 Å². The van der Waals surface area contributed by atoms with Gasteiger partial charge in [-0.3, -0.25) is 4.79 Å². The molecule has 0 saturated carbocycles. The van der Waals surface area contributed by atoms with Crippen molar-refractivity contribution in [3.8, 4) is 0 Å². The average Bonchev–Trinajstić information content (AvgIpc) is 2.18. The molecular weight excluding hydrogens is 194 g/mol. The summed E-state index contributed by atoms with van der Waals surface area (Å²) in [6, 6.07) is -1.09. The molecule has 5 atom stereocenters. The Kier molecular flexibility index (Phi) is 3.78. The second-order valence-corrected chi connectivity index (χ2v) is 3.04. The van der Waals surface area contributed by atoms with Crippen molar-refractivity contribution in [2.75, 3.05) is 6.61 Å². The molecule has 1 amide bonds. The van der Waals surface area contributed by atoms with Gasteiger partial charge in [-0.05, 0) is 0 Å². The van der Waals surface area contributed by atoms with E-state index in [0.29, 0.717) is 0 Å². The van der Waals surface area contributed by atoms with Crippen molar-refractivity contribution in [1.82, 2.24) is 5.32 Å². The maximum Gasteiger partial charge on any atom is 0.207 e.